The predicted molar refractivity (Wildman–Crippen MR) is 98.5 cm³/mol. The van der Waals surface area contributed by atoms with Crippen molar-refractivity contribution in [3.05, 3.63) is 45.5 Å². The number of nitrogens with one attached hydrogen (secondary N) is 1. The van der Waals surface area contributed by atoms with Crippen molar-refractivity contribution in [3.63, 3.8) is 0 Å². The minimum atomic E-state index is -0.511. The predicted octanol–water partition coefficient (Wildman–Crippen LogP) is -0.256. The van der Waals surface area contributed by atoms with Crippen LogP contribution in [0.2, 0.25) is 0 Å². The van der Waals surface area contributed by atoms with Crippen LogP contribution in [0.5, 0.6) is 0 Å². The van der Waals surface area contributed by atoms with Gasteiger partial charge in [0.25, 0.3) is 0 Å². The number of rotatable bonds is 4. The Balaban J connectivity index is 0.000000219. The summed E-state index contributed by atoms with van der Waals surface area (Å²) in [7, 11) is 0. The number of H-pyrrole nitrogens is 1. The summed E-state index contributed by atoms with van der Waals surface area (Å²) in [5.74, 6) is 0.539. The third kappa shape index (κ3) is 8.94. The zero-order chi connectivity index (χ0) is 19.5. The van der Waals surface area contributed by atoms with E-state index in [0.29, 0.717) is 18.3 Å². The molecule has 0 aromatic carbocycles. The van der Waals surface area contributed by atoms with Gasteiger partial charge in [-0.25, -0.2) is 14.6 Å². The highest BCUT2D eigenvalue weighted by Crippen LogP contribution is 2.10. The zero-order valence-corrected chi connectivity index (χ0v) is 15.0. The Bertz CT molecular complexity index is 772. The number of ether oxygens (including phenoxy) is 1. The molecule has 0 unspecified atom stereocenters. The van der Waals surface area contributed by atoms with Gasteiger partial charge >= 0.3 is 11.4 Å². The van der Waals surface area contributed by atoms with Crippen LogP contribution in [0.15, 0.2) is 34.1 Å². The Morgan fingerprint density at radius 3 is 2.46 bits per heavy atom. The van der Waals surface area contributed by atoms with Gasteiger partial charge in [0.15, 0.2) is 0 Å². The topological polar surface area (TPSA) is 165 Å². The fourth-order valence-corrected chi connectivity index (χ4v) is 1.62. The molecule has 1 aliphatic heterocycles. The molecule has 2 atom stereocenters. The van der Waals surface area contributed by atoms with E-state index in [0.717, 1.165) is 6.61 Å². The maximum absolute atomic E-state index is 11.2. The smallest absolute Gasteiger partial charge is 0.349 e. The van der Waals surface area contributed by atoms with E-state index in [1.807, 2.05) is 6.92 Å². The molecule has 26 heavy (non-hydrogen) atoms. The van der Waals surface area contributed by atoms with E-state index < -0.39 is 17.5 Å². The largest absolute Gasteiger partial charge is 0.391 e. The maximum Gasteiger partial charge on any atom is 0.349 e. The van der Waals surface area contributed by atoms with Crippen LogP contribution in [0.3, 0.4) is 0 Å². The van der Waals surface area contributed by atoms with E-state index in [9.17, 15) is 14.7 Å². The van der Waals surface area contributed by atoms with E-state index in [-0.39, 0.29) is 12.4 Å². The maximum atomic E-state index is 11.2. The molecular weight excluding hydrogens is 340 g/mol. The van der Waals surface area contributed by atoms with Gasteiger partial charge in [0.05, 0.1) is 25.4 Å². The number of epoxide rings is 1. The second-order valence-electron chi connectivity index (χ2n) is 5.54. The monoisotopic (exact) mass is 366 g/mol. The van der Waals surface area contributed by atoms with E-state index in [1.165, 1.54) is 35.5 Å². The van der Waals surface area contributed by atoms with Gasteiger partial charge < -0.3 is 21.3 Å². The van der Waals surface area contributed by atoms with E-state index in [4.69, 9.17) is 16.2 Å². The zero-order valence-electron chi connectivity index (χ0n) is 15.0. The van der Waals surface area contributed by atoms with Crippen molar-refractivity contribution in [2.75, 3.05) is 18.1 Å². The average Bonchev–Trinajstić information content (AvgIpc) is 3.42. The number of nitrogens with zero attached hydrogens (tertiary/aromatic N) is 3. The van der Waals surface area contributed by atoms with Crippen molar-refractivity contribution < 1.29 is 9.84 Å². The van der Waals surface area contributed by atoms with Crippen LogP contribution >= 0.6 is 0 Å². The Kier molecular flexibility index (Phi) is 9.02. The van der Waals surface area contributed by atoms with Crippen LogP contribution in [0.4, 0.5) is 11.6 Å². The summed E-state index contributed by atoms with van der Waals surface area (Å²) in [4.78, 5) is 30.6. The summed E-state index contributed by atoms with van der Waals surface area (Å²) < 4.78 is 6.20. The molecule has 10 nitrogen and oxygen atoms in total. The Hall–Kier alpha value is -2.72. The van der Waals surface area contributed by atoms with Crippen molar-refractivity contribution in [2.45, 2.75) is 45.4 Å². The second-order valence-corrected chi connectivity index (χ2v) is 5.54. The molecule has 1 aliphatic rings. The molecule has 2 aromatic rings. The number of aliphatic hydroxyl groups is 1. The van der Waals surface area contributed by atoms with Gasteiger partial charge in [0, 0.05) is 12.4 Å². The fourth-order valence-electron chi connectivity index (χ4n) is 1.62. The molecule has 6 N–H and O–H groups in total. The standard InChI is InChI=1S/C8H13N3O2.C4H5N3O.C4H8O/c1-2-6(12)5-11-4-3-7(9)10-8(11)13;5-3-1-2-6-4(8)7-3;1-2-4-3-5-4/h3-4,6,12H,2,5H2,1H3,(H2,9,10,13);1-2H,(H3,5,6,7,8);4H,2-3H2,1H3/t6-;;4-/m1.1/s1. The van der Waals surface area contributed by atoms with Crippen LogP contribution in [-0.2, 0) is 11.3 Å². The first-order chi connectivity index (χ1) is 12.3. The number of nitrogen functional groups attached to an aromatic ring is 2. The molecule has 0 aliphatic carbocycles. The van der Waals surface area contributed by atoms with Crippen LogP contribution in [0.25, 0.3) is 0 Å². The normalized spacial score (nSPS) is 15.7. The second kappa shape index (κ2) is 11.0. The molecule has 1 saturated heterocycles. The number of aromatic amines is 1. The molecule has 2 aromatic heterocycles. The third-order valence-electron chi connectivity index (χ3n) is 3.33. The van der Waals surface area contributed by atoms with E-state index in [1.54, 1.807) is 0 Å². The Labute approximate surface area is 150 Å². The number of aromatic nitrogens is 4. The summed E-state index contributed by atoms with van der Waals surface area (Å²) in [6, 6.07) is 3.05. The average molecular weight is 366 g/mol. The van der Waals surface area contributed by atoms with E-state index >= 15 is 0 Å². The molecule has 10 heteroatoms. The molecular formula is C16H26N6O4. The SMILES string of the molecule is CC[C@@H](O)Cn1ccc(N)nc1=O.CC[C@@H]1CO1.Nc1ccnc(=O)[nH]1. The number of aliphatic hydroxyl groups excluding tert-OH is 1. The molecule has 0 saturated carbocycles. The Morgan fingerprint density at radius 2 is 2.08 bits per heavy atom. The van der Waals surface area contributed by atoms with Gasteiger partial charge in [0.1, 0.15) is 11.6 Å². The van der Waals surface area contributed by atoms with Crippen LogP contribution in [0, 0.1) is 0 Å². The molecule has 144 valence electrons. The van der Waals surface area contributed by atoms with Crippen molar-refractivity contribution in [1.82, 2.24) is 19.5 Å². The highest BCUT2D eigenvalue weighted by atomic mass is 16.6. The lowest BCUT2D eigenvalue weighted by Crippen LogP contribution is -2.28. The van der Waals surface area contributed by atoms with Gasteiger partial charge in [-0.05, 0) is 25.0 Å². The minimum absolute atomic E-state index is 0.201. The highest BCUT2D eigenvalue weighted by Gasteiger charge is 2.18. The molecule has 0 bridgehead atoms. The summed E-state index contributed by atoms with van der Waals surface area (Å²) in [5, 5.41) is 9.29. The number of anilines is 2. The number of hydrogen-bond acceptors (Lipinski definition) is 8. The first kappa shape index (κ1) is 21.3. The van der Waals surface area contributed by atoms with Crippen molar-refractivity contribution >= 4 is 11.6 Å². The van der Waals surface area contributed by atoms with Crippen LogP contribution < -0.4 is 22.8 Å². The lowest BCUT2D eigenvalue weighted by Gasteiger charge is -2.09. The third-order valence-corrected chi connectivity index (χ3v) is 3.33. The molecule has 1 fully saturated rings. The van der Waals surface area contributed by atoms with Crippen LogP contribution in [-0.4, -0.2) is 43.4 Å². The summed E-state index contributed by atoms with van der Waals surface area (Å²) in [5.41, 5.74) is 9.63. The number of hydrogen-bond donors (Lipinski definition) is 4. The molecule has 0 spiro atoms. The summed E-state index contributed by atoms with van der Waals surface area (Å²) >= 11 is 0. The van der Waals surface area contributed by atoms with Crippen molar-refractivity contribution in [2.24, 2.45) is 0 Å². The van der Waals surface area contributed by atoms with Gasteiger partial charge in [-0.2, -0.15) is 4.98 Å². The summed E-state index contributed by atoms with van der Waals surface area (Å²) in [6.07, 6.45) is 4.81. The number of nitrogens with two attached hydrogens (primary N) is 2. The molecule has 3 rings (SSSR count). The van der Waals surface area contributed by atoms with Crippen molar-refractivity contribution in [1.29, 1.82) is 0 Å². The van der Waals surface area contributed by atoms with E-state index in [2.05, 4.69) is 21.9 Å². The highest BCUT2D eigenvalue weighted by molar-refractivity contribution is 5.23. The molecule has 0 amide bonds. The Morgan fingerprint density at radius 1 is 1.38 bits per heavy atom. The van der Waals surface area contributed by atoms with Crippen molar-refractivity contribution in [3.8, 4) is 0 Å². The summed E-state index contributed by atoms with van der Waals surface area (Å²) in [6.45, 7) is 5.26. The van der Waals surface area contributed by atoms with Gasteiger partial charge in [-0.15, -0.1) is 0 Å². The first-order valence-corrected chi connectivity index (χ1v) is 8.29. The lowest BCUT2D eigenvalue weighted by atomic mass is 10.3. The molecule has 3 heterocycles. The fraction of sp³-hybridized carbons (Fsp3) is 0.500. The first-order valence-electron chi connectivity index (χ1n) is 8.29. The quantitative estimate of drug-likeness (QED) is 0.537. The van der Waals surface area contributed by atoms with Gasteiger partial charge in [-0.1, -0.05) is 13.8 Å². The van der Waals surface area contributed by atoms with Gasteiger partial charge in [-0.3, -0.25) is 9.55 Å². The minimum Gasteiger partial charge on any atom is -0.391 e. The lowest BCUT2D eigenvalue weighted by molar-refractivity contribution is 0.148. The van der Waals surface area contributed by atoms with Crippen LogP contribution in [0.1, 0.15) is 26.7 Å². The van der Waals surface area contributed by atoms with Gasteiger partial charge in [0.2, 0.25) is 0 Å². The molecule has 0 radical (unpaired) electrons.